The van der Waals surface area contributed by atoms with Crippen LogP contribution >= 0.6 is 27.5 Å². The Morgan fingerprint density at radius 2 is 1.65 bits per heavy atom. The summed E-state index contributed by atoms with van der Waals surface area (Å²) in [4.78, 5) is 0. The van der Waals surface area contributed by atoms with Crippen LogP contribution in [0, 0.1) is 20.8 Å². The van der Waals surface area contributed by atoms with Crippen LogP contribution < -0.4 is 4.74 Å². The zero-order valence-corrected chi connectivity index (χ0v) is 14.5. The summed E-state index contributed by atoms with van der Waals surface area (Å²) in [7, 11) is 1.67. The van der Waals surface area contributed by atoms with Gasteiger partial charge in [0.15, 0.2) is 0 Å². The third-order valence-electron chi connectivity index (χ3n) is 3.46. The summed E-state index contributed by atoms with van der Waals surface area (Å²) in [5.41, 5.74) is 5.83. The summed E-state index contributed by atoms with van der Waals surface area (Å²) < 4.78 is 6.44. The van der Waals surface area contributed by atoms with E-state index in [2.05, 4.69) is 48.8 Å². The number of methoxy groups -OCH3 is 1. The Morgan fingerprint density at radius 3 is 2.20 bits per heavy atom. The van der Waals surface area contributed by atoms with E-state index in [0.717, 1.165) is 21.3 Å². The molecule has 1 nitrogen and oxygen atoms in total. The van der Waals surface area contributed by atoms with Crippen LogP contribution in [0.25, 0.3) is 0 Å². The topological polar surface area (TPSA) is 9.23 Å². The van der Waals surface area contributed by atoms with Gasteiger partial charge in [-0.2, -0.15) is 0 Å². The molecule has 0 aromatic heterocycles. The first-order valence-corrected chi connectivity index (χ1v) is 7.72. The number of hydrogen-bond donors (Lipinski definition) is 0. The molecule has 0 fully saturated rings. The normalized spacial score (nSPS) is 12.3. The highest BCUT2D eigenvalue weighted by molar-refractivity contribution is 9.10. The third kappa shape index (κ3) is 3.02. The van der Waals surface area contributed by atoms with E-state index in [-0.39, 0.29) is 5.38 Å². The van der Waals surface area contributed by atoms with Gasteiger partial charge in [-0.1, -0.05) is 33.6 Å². The van der Waals surface area contributed by atoms with Crippen molar-refractivity contribution in [2.24, 2.45) is 0 Å². The molecular formula is C17H18BrClO. The fraction of sp³-hybridized carbons (Fsp3) is 0.294. The molecule has 2 aromatic carbocycles. The predicted octanol–water partition coefficient (Wildman–Crippen LogP) is 5.71. The Hall–Kier alpha value is -0.990. The molecule has 0 saturated carbocycles. The zero-order chi connectivity index (χ0) is 14.9. The minimum absolute atomic E-state index is 0.219. The second-order valence-electron chi connectivity index (χ2n) is 5.06. The highest BCUT2D eigenvalue weighted by atomic mass is 79.9. The highest BCUT2D eigenvalue weighted by Crippen LogP contribution is 2.39. The van der Waals surface area contributed by atoms with Crippen molar-refractivity contribution in [3.8, 4) is 5.75 Å². The Balaban J connectivity index is 2.57. The molecule has 0 N–H and O–H groups in total. The summed E-state index contributed by atoms with van der Waals surface area (Å²) >= 11 is 10.3. The van der Waals surface area contributed by atoms with Gasteiger partial charge in [-0.3, -0.25) is 0 Å². The van der Waals surface area contributed by atoms with Crippen LogP contribution in [0.15, 0.2) is 34.8 Å². The SMILES string of the molecule is COc1ccc(Br)cc1C(Cl)c1c(C)cc(C)cc1C. The van der Waals surface area contributed by atoms with Crippen molar-refractivity contribution >= 4 is 27.5 Å². The van der Waals surface area contributed by atoms with E-state index in [0.29, 0.717) is 0 Å². The number of ether oxygens (including phenoxy) is 1. The van der Waals surface area contributed by atoms with Crippen molar-refractivity contribution in [2.75, 3.05) is 7.11 Å². The van der Waals surface area contributed by atoms with Gasteiger partial charge in [-0.25, -0.2) is 0 Å². The van der Waals surface area contributed by atoms with E-state index in [4.69, 9.17) is 16.3 Å². The van der Waals surface area contributed by atoms with E-state index >= 15 is 0 Å². The van der Waals surface area contributed by atoms with Gasteiger partial charge >= 0.3 is 0 Å². The summed E-state index contributed by atoms with van der Waals surface area (Å²) in [6, 6.07) is 10.3. The van der Waals surface area contributed by atoms with Crippen molar-refractivity contribution in [3.05, 3.63) is 62.6 Å². The van der Waals surface area contributed by atoms with Gasteiger partial charge in [0.05, 0.1) is 12.5 Å². The maximum absolute atomic E-state index is 6.75. The Kier molecular flexibility index (Phi) is 4.77. The number of aryl methyl sites for hydroxylation is 3. The van der Waals surface area contributed by atoms with E-state index in [1.165, 1.54) is 16.7 Å². The van der Waals surface area contributed by atoms with Crippen LogP contribution in [0.2, 0.25) is 0 Å². The lowest BCUT2D eigenvalue weighted by molar-refractivity contribution is 0.410. The van der Waals surface area contributed by atoms with E-state index in [1.54, 1.807) is 7.11 Å². The average Bonchev–Trinajstić information content (AvgIpc) is 2.37. The molecule has 0 aliphatic rings. The third-order valence-corrected chi connectivity index (χ3v) is 4.40. The molecule has 2 aromatic rings. The fourth-order valence-corrected chi connectivity index (χ4v) is 3.54. The van der Waals surface area contributed by atoms with Gasteiger partial charge in [-0.05, 0) is 55.7 Å². The molecule has 0 radical (unpaired) electrons. The van der Waals surface area contributed by atoms with Crippen LogP contribution in [-0.4, -0.2) is 7.11 Å². The quantitative estimate of drug-likeness (QED) is 0.642. The molecule has 0 spiro atoms. The van der Waals surface area contributed by atoms with Crippen LogP contribution in [0.3, 0.4) is 0 Å². The second-order valence-corrected chi connectivity index (χ2v) is 6.41. The van der Waals surface area contributed by atoms with E-state index < -0.39 is 0 Å². The molecule has 3 heteroatoms. The minimum atomic E-state index is -0.219. The van der Waals surface area contributed by atoms with Gasteiger partial charge in [0, 0.05) is 10.0 Å². The van der Waals surface area contributed by atoms with E-state index in [1.807, 2.05) is 18.2 Å². The predicted molar refractivity (Wildman–Crippen MR) is 89.0 cm³/mol. The number of alkyl halides is 1. The summed E-state index contributed by atoms with van der Waals surface area (Å²) in [5.74, 6) is 0.813. The molecule has 0 aliphatic heterocycles. The second kappa shape index (κ2) is 6.19. The fourth-order valence-electron chi connectivity index (χ4n) is 2.65. The smallest absolute Gasteiger partial charge is 0.123 e. The van der Waals surface area contributed by atoms with Gasteiger partial charge in [0.1, 0.15) is 5.75 Å². The molecule has 1 unspecified atom stereocenters. The first-order chi connectivity index (χ1) is 9.43. The number of hydrogen-bond acceptors (Lipinski definition) is 1. The summed E-state index contributed by atoms with van der Waals surface area (Å²) in [5, 5.41) is -0.219. The molecule has 1 atom stereocenters. The Labute approximate surface area is 134 Å². The molecule has 0 saturated heterocycles. The van der Waals surface area contributed by atoms with Crippen molar-refractivity contribution < 1.29 is 4.74 Å². The van der Waals surface area contributed by atoms with Gasteiger partial charge < -0.3 is 4.74 Å². The van der Waals surface area contributed by atoms with Crippen molar-refractivity contribution in [3.63, 3.8) is 0 Å². The molecule has 0 amide bonds. The van der Waals surface area contributed by atoms with Gasteiger partial charge in [0.2, 0.25) is 0 Å². The first kappa shape index (κ1) is 15.4. The molecule has 20 heavy (non-hydrogen) atoms. The van der Waals surface area contributed by atoms with Gasteiger partial charge in [-0.15, -0.1) is 11.6 Å². The summed E-state index contributed by atoms with van der Waals surface area (Å²) in [6.07, 6.45) is 0. The molecule has 0 heterocycles. The van der Waals surface area contributed by atoms with Crippen LogP contribution in [0.1, 0.15) is 33.2 Å². The minimum Gasteiger partial charge on any atom is -0.496 e. The monoisotopic (exact) mass is 352 g/mol. The average molecular weight is 354 g/mol. The maximum Gasteiger partial charge on any atom is 0.123 e. The molecule has 0 aliphatic carbocycles. The number of rotatable bonds is 3. The van der Waals surface area contributed by atoms with Crippen molar-refractivity contribution in [2.45, 2.75) is 26.1 Å². The van der Waals surface area contributed by atoms with Crippen LogP contribution in [-0.2, 0) is 0 Å². The number of halogens is 2. The largest absolute Gasteiger partial charge is 0.496 e. The maximum atomic E-state index is 6.75. The lowest BCUT2D eigenvalue weighted by Gasteiger charge is -2.19. The van der Waals surface area contributed by atoms with Crippen molar-refractivity contribution in [1.29, 1.82) is 0 Å². The standard InChI is InChI=1S/C17H18BrClO/c1-10-7-11(2)16(12(3)8-10)17(19)14-9-13(18)5-6-15(14)20-4/h5-9,17H,1-4H3. The molecule has 106 valence electrons. The number of benzene rings is 2. The first-order valence-electron chi connectivity index (χ1n) is 6.49. The van der Waals surface area contributed by atoms with Crippen LogP contribution in [0.4, 0.5) is 0 Å². The molecule has 0 bridgehead atoms. The van der Waals surface area contributed by atoms with Crippen molar-refractivity contribution in [1.82, 2.24) is 0 Å². The zero-order valence-electron chi connectivity index (χ0n) is 12.1. The van der Waals surface area contributed by atoms with Gasteiger partial charge in [0.25, 0.3) is 0 Å². The van der Waals surface area contributed by atoms with E-state index in [9.17, 15) is 0 Å². The molecular weight excluding hydrogens is 336 g/mol. The highest BCUT2D eigenvalue weighted by Gasteiger charge is 2.20. The molecule has 2 rings (SSSR count). The lowest BCUT2D eigenvalue weighted by Crippen LogP contribution is -2.02. The lowest BCUT2D eigenvalue weighted by atomic mass is 9.93. The Bertz CT molecular complexity index is 614. The van der Waals surface area contributed by atoms with Crippen LogP contribution in [0.5, 0.6) is 5.75 Å². The summed E-state index contributed by atoms with van der Waals surface area (Å²) in [6.45, 7) is 6.32. The Morgan fingerprint density at radius 1 is 1.05 bits per heavy atom.